The number of hydrogen-bond donors (Lipinski definition) is 0. The van der Waals surface area contributed by atoms with Gasteiger partial charge in [-0.3, -0.25) is 14.7 Å². The maximum atomic E-state index is 13.1. The van der Waals surface area contributed by atoms with Gasteiger partial charge in [0.25, 0.3) is 0 Å². The summed E-state index contributed by atoms with van der Waals surface area (Å²) in [4.78, 5) is 24.7. The number of ketones is 1. The molecule has 0 saturated carbocycles. The quantitative estimate of drug-likeness (QED) is 0.370. The fourth-order valence-electron chi connectivity index (χ4n) is 4.58. The Morgan fingerprint density at radius 1 is 0.875 bits per heavy atom. The van der Waals surface area contributed by atoms with E-state index in [1.807, 2.05) is 42.7 Å². The third-order valence-electron chi connectivity index (χ3n) is 6.40. The van der Waals surface area contributed by atoms with E-state index in [0.717, 1.165) is 54.5 Å². The van der Waals surface area contributed by atoms with Crippen LogP contribution >= 0.6 is 0 Å². The van der Waals surface area contributed by atoms with E-state index in [0.29, 0.717) is 18.0 Å². The van der Waals surface area contributed by atoms with Crippen molar-refractivity contribution < 1.29 is 4.79 Å². The largest absolute Gasteiger partial charge is 0.299 e. The summed E-state index contributed by atoms with van der Waals surface area (Å²) < 4.78 is 0. The molecule has 1 saturated heterocycles. The lowest BCUT2D eigenvalue weighted by atomic mass is 9.90. The normalized spacial score (nSPS) is 15.1. The van der Waals surface area contributed by atoms with Gasteiger partial charge in [0, 0.05) is 36.3 Å². The SMILES string of the molecule is O=C(CC1CCN(Cc2ccccc2)CC1)c1ccc2cncc(-c3ccccc3)c2n1. The van der Waals surface area contributed by atoms with Crippen LogP contribution in [0.3, 0.4) is 0 Å². The lowest BCUT2D eigenvalue weighted by Gasteiger charge is -2.31. The highest BCUT2D eigenvalue weighted by Gasteiger charge is 2.23. The fraction of sp³-hybridized carbons (Fsp3) is 0.250. The summed E-state index contributed by atoms with van der Waals surface area (Å²) in [7, 11) is 0. The van der Waals surface area contributed by atoms with Crippen molar-refractivity contribution in [2.75, 3.05) is 13.1 Å². The fourth-order valence-corrected chi connectivity index (χ4v) is 4.58. The van der Waals surface area contributed by atoms with Gasteiger partial charge in [-0.15, -0.1) is 0 Å². The van der Waals surface area contributed by atoms with Crippen molar-refractivity contribution in [3.05, 3.63) is 96.4 Å². The van der Waals surface area contributed by atoms with Gasteiger partial charge in [0.05, 0.1) is 5.52 Å². The van der Waals surface area contributed by atoms with Gasteiger partial charge in [-0.1, -0.05) is 60.7 Å². The van der Waals surface area contributed by atoms with Crippen LogP contribution in [-0.2, 0) is 6.54 Å². The van der Waals surface area contributed by atoms with Crippen LogP contribution in [0.15, 0.2) is 85.2 Å². The predicted octanol–water partition coefficient (Wildman–Crippen LogP) is 5.78. The van der Waals surface area contributed by atoms with E-state index in [1.165, 1.54) is 5.56 Å². The first-order valence-corrected chi connectivity index (χ1v) is 11.4. The van der Waals surface area contributed by atoms with Crippen molar-refractivity contribution in [3.63, 3.8) is 0 Å². The summed E-state index contributed by atoms with van der Waals surface area (Å²) in [6, 6.07) is 24.5. The molecular formula is C28H27N3O. The number of carbonyl (C=O) groups is 1. The van der Waals surface area contributed by atoms with Crippen LogP contribution in [0.4, 0.5) is 0 Å². The molecule has 0 N–H and O–H groups in total. The molecule has 1 aliphatic heterocycles. The lowest BCUT2D eigenvalue weighted by molar-refractivity contribution is 0.0920. The van der Waals surface area contributed by atoms with Gasteiger partial charge < -0.3 is 0 Å². The first kappa shape index (κ1) is 20.5. The number of piperidine rings is 1. The second kappa shape index (κ2) is 9.41. The Morgan fingerprint density at radius 3 is 2.34 bits per heavy atom. The Balaban J connectivity index is 1.26. The third kappa shape index (κ3) is 4.61. The highest BCUT2D eigenvalue weighted by Crippen LogP contribution is 2.28. The number of likely N-dealkylation sites (tertiary alicyclic amines) is 1. The van der Waals surface area contributed by atoms with Crippen LogP contribution in [0.1, 0.15) is 35.3 Å². The van der Waals surface area contributed by atoms with Crippen LogP contribution in [0, 0.1) is 5.92 Å². The molecule has 0 bridgehead atoms. The molecule has 0 spiro atoms. The number of Topliss-reactive ketones (excluding diaryl/α,β-unsaturated/α-hetero) is 1. The Hall–Kier alpha value is -3.37. The van der Waals surface area contributed by atoms with Crippen molar-refractivity contribution in [3.8, 4) is 11.1 Å². The molecule has 0 unspecified atom stereocenters. The van der Waals surface area contributed by atoms with Gasteiger partial charge in [-0.25, -0.2) is 4.98 Å². The number of benzene rings is 2. The van der Waals surface area contributed by atoms with E-state index in [2.05, 4.69) is 52.3 Å². The Labute approximate surface area is 189 Å². The maximum Gasteiger partial charge on any atom is 0.181 e. The van der Waals surface area contributed by atoms with Crippen LogP contribution in [0.5, 0.6) is 0 Å². The average molecular weight is 422 g/mol. The summed E-state index contributed by atoms with van der Waals surface area (Å²) in [5.74, 6) is 0.572. The highest BCUT2D eigenvalue weighted by atomic mass is 16.1. The van der Waals surface area contributed by atoms with E-state index in [9.17, 15) is 4.79 Å². The Morgan fingerprint density at radius 2 is 1.59 bits per heavy atom. The summed E-state index contributed by atoms with van der Waals surface area (Å²) in [5, 5.41) is 0.956. The predicted molar refractivity (Wildman–Crippen MR) is 128 cm³/mol. The van der Waals surface area contributed by atoms with E-state index < -0.39 is 0 Å². The molecule has 2 aromatic heterocycles. The van der Waals surface area contributed by atoms with Crippen molar-refractivity contribution in [2.24, 2.45) is 5.92 Å². The van der Waals surface area contributed by atoms with Crippen LogP contribution in [-0.4, -0.2) is 33.7 Å². The molecule has 5 rings (SSSR count). The number of nitrogens with zero attached hydrogens (tertiary/aromatic N) is 3. The second-order valence-corrected chi connectivity index (χ2v) is 8.65. The minimum Gasteiger partial charge on any atom is -0.299 e. The number of carbonyl (C=O) groups excluding carboxylic acids is 1. The van der Waals surface area contributed by atoms with Gasteiger partial charge >= 0.3 is 0 Å². The Kier molecular flexibility index (Phi) is 6.04. The van der Waals surface area contributed by atoms with E-state index >= 15 is 0 Å². The van der Waals surface area contributed by atoms with Crippen molar-refractivity contribution in [1.82, 2.24) is 14.9 Å². The molecule has 3 heterocycles. The summed E-state index contributed by atoms with van der Waals surface area (Å²) in [5.41, 5.74) is 4.79. The van der Waals surface area contributed by atoms with Gasteiger partial charge in [-0.05, 0) is 55.1 Å². The zero-order valence-electron chi connectivity index (χ0n) is 18.2. The lowest BCUT2D eigenvalue weighted by Crippen LogP contribution is -2.34. The first-order valence-electron chi connectivity index (χ1n) is 11.4. The molecule has 4 aromatic rings. The molecule has 4 nitrogen and oxygen atoms in total. The smallest absolute Gasteiger partial charge is 0.181 e. The van der Waals surface area contributed by atoms with Crippen molar-refractivity contribution in [1.29, 1.82) is 0 Å². The molecule has 0 atom stereocenters. The molecule has 160 valence electrons. The number of fused-ring (bicyclic) bond motifs is 1. The number of pyridine rings is 2. The molecule has 2 aromatic carbocycles. The highest BCUT2D eigenvalue weighted by molar-refractivity contribution is 5.99. The minimum absolute atomic E-state index is 0.143. The second-order valence-electron chi connectivity index (χ2n) is 8.65. The standard InChI is InChI=1S/C28H27N3O/c32-27(17-21-13-15-31(16-14-21)20-22-7-3-1-4-8-22)26-12-11-24-18-29-19-25(28(24)30-26)23-9-5-2-6-10-23/h1-12,18-19,21H,13-17,20H2. The van der Waals surface area contributed by atoms with Crippen molar-refractivity contribution in [2.45, 2.75) is 25.8 Å². The zero-order valence-corrected chi connectivity index (χ0v) is 18.2. The summed E-state index contributed by atoms with van der Waals surface area (Å²) in [6.07, 6.45) is 6.34. The van der Waals surface area contributed by atoms with E-state index in [1.54, 1.807) is 0 Å². The molecular weight excluding hydrogens is 394 g/mol. The molecule has 0 radical (unpaired) electrons. The van der Waals surface area contributed by atoms with Gasteiger partial charge in [0.15, 0.2) is 5.78 Å². The molecule has 1 aliphatic rings. The molecule has 1 fully saturated rings. The maximum absolute atomic E-state index is 13.1. The van der Waals surface area contributed by atoms with Crippen LogP contribution in [0.25, 0.3) is 22.0 Å². The Bertz CT molecular complexity index is 1200. The minimum atomic E-state index is 0.143. The first-order chi connectivity index (χ1) is 15.8. The van der Waals surface area contributed by atoms with Crippen LogP contribution in [0.2, 0.25) is 0 Å². The van der Waals surface area contributed by atoms with E-state index in [4.69, 9.17) is 4.98 Å². The van der Waals surface area contributed by atoms with Crippen molar-refractivity contribution >= 4 is 16.7 Å². The van der Waals surface area contributed by atoms with Crippen LogP contribution < -0.4 is 0 Å². The molecule has 4 heteroatoms. The summed E-state index contributed by atoms with van der Waals surface area (Å²) in [6.45, 7) is 3.08. The number of rotatable bonds is 6. The van der Waals surface area contributed by atoms with E-state index in [-0.39, 0.29) is 5.78 Å². The monoisotopic (exact) mass is 421 g/mol. The van der Waals surface area contributed by atoms with Gasteiger partial charge in [0.1, 0.15) is 5.69 Å². The average Bonchev–Trinajstić information content (AvgIpc) is 2.86. The molecule has 32 heavy (non-hydrogen) atoms. The third-order valence-corrected chi connectivity index (χ3v) is 6.40. The topological polar surface area (TPSA) is 46.1 Å². The molecule has 0 aliphatic carbocycles. The zero-order chi connectivity index (χ0) is 21.8. The number of aromatic nitrogens is 2. The molecule has 0 amide bonds. The van der Waals surface area contributed by atoms with Gasteiger partial charge in [0.2, 0.25) is 0 Å². The number of hydrogen-bond acceptors (Lipinski definition) is 4. The summed E-state index contributed by atoms with van der Waals surface area (Å²) >= 11 is 0. The van der Waals surface area contributed by atoms with Gasteiger partial charge in [-0.2, -0.15) is 0 Å².